The van der Waals surface area contributed by atoms with Crippen molar-refractivity contribution in [3.05, 3.63) is 0 Å². The second-order valence-corrected chi connectivity index (χ2v) is 7.70. The van der Waals surface area contributed by atoms with Gasteiger partial charge in [-0.1, -0.05) is 6.42 Å². The van der Waals surface area contributed by atoms with Gasteiger partial charge in [-0.25, -0.2) is 0 Å². The second kappa shape index (κ2) is 4.71. The maximum absolute atomic E-state index is 12.6. The van der Waals surface area contributed by atoms with Crippen LogP contribution in [0.4, 0.5) is 0 Å². The van der Waals surface area contributed by atoms with Crippen molar-refractivity contribution < 1.29 is 18.3 Å². The SMILES string of the molecule is O=C(O)C1C2CCCC2CN1S(=O)(=O)N1CCCC1. The molecule has 19 heavy (non-hydrogen) atoms. The van der Waals surface area contributed by atoms with Gasteiger partial charge < -0.3 is 5.11 Å². The average molecular weight is 288 g/mol. The first-order chi connectivity index (χ1) is 9.01. The van der Waals surface area contributed by atoms with Crippen LogP contribution in [-0.2, 0) is 15.0 Å². The Morgan fingerprint density at radius 2 is 1.79 bits per heavy atom. The van der Waals surface area contributed by atoms with Gasteiger partial charge in [-0.3, -0.25) is 4.79 Å². The fourth-order valence-electron chi connectivity index (χ4n) is 3.88. The molecule has 0 aromatic rings. The van der Waals surface area contributed by atoms with Crippen molar-refractivity contribution in [2.75, 3.05) is 19.6 Å². The van der Waals surface area contributed by atoms with Crippen LogP contribution in [-0.4, -0.2) is 53.8 Å². The van der Waals surface area contributed by atoms with Gasteiger partial charge in [0, 0.05) is 19.6 Å². The summed E-state index contributed by atoms with van der Waals surface area (Å²) in [6, 6.07) is -0.849. The van der Waals surface area contributed by atoms with Crippen molar-refractivity contribution in [2.45, 2.75) is 38.1 Å². The normalized spacial score (nSPS) is 36.7. The summed E-state index contributed by atoms with van der Waals surface area (Å²) < 4.78 is 27.8. The Labute approximate surface area is 113 Å². The minimum atomic E-state index is -3.59. The quantitative estimate of drug-likeness (QED) is 0.821. The molecule has 0 radical (unpaired) electrons. The number of carboxylic acid groups (broad SMARTS) is 1. The zero-order valence-electron chi connectivity index (χ0n) is 10.9. The zero-order chi connectivity index (χ0) is 13.6. The van der Waals surface area contributed by atoms with Gasteiger partial charge in [0.2, 0.25) is 0 Å². The summed E-state index contributed by atoms with van der Waals surface area (Å²) in [5, 5.41) is 9.41. The third kappa shape index (κ3) is 2.08. The highest BCUT2D eigenvalue weighted by Gasteiger charge is 2.53. The van der Waals surface area contributed by atoms with Gasteiger partial charge in [0.1, 0.15) is 6.04 Å². The Hall–Kier alpha value is -0.660. The smallest absolute Gasteiger partial charge is 0.322 e. The van der Waals surface area contributed by atoms with Crippen molar-refractivity contribution in [1.29, 1.82) is 0 Å². The first-order valence-electron chi connectivity index (χ1n) is 7.01. The molecule has 1 N–H and O–H groups in total. The third-order valence-corrected chi connectivity index (χ3v) is 6.78. The zero-order valence-corrected chi connectivity index (χ0v) is 11.7. The Morgan fingerprint density at radius 3 is 2.42 bits per heavy atom. The standard InChI is InChI=1S/C12H20N2O4S/c15-12(16)11-10-5-3-4-9(10)8-14(11)19(17,18)13-6-1-2-7-13/h9-11H,1-8H2,(H,15,16). The van der Waals surface area contributed by atoms with E-state index in [0.29, 0.717) is 19.6 Å². The Balaban J connectivity index is 1.88. The highest BCUT2D eigenvalue weighted by atomic mass is 32.2. The van der Waals surface area contributed by atoms with Crippen LogP contribution >= 0.6 is 0 Å². The van der Waals surface area contributed by atoms with Crippen molar-refractivity contribution in [2.24, 2.45) is 11.8 Å². The number of carboxylic acids is 1. The van der Waals surface area contributed by atoms with Crippen LogP contribution < -0.4 is 0 Å². The molecule has 0 spiro atoms. The molecule has 3 aliphatic rings. The summed E-state index contributed by atoms with van der Waals surface area (Å²) in [5.41, 5.74) is 0. The molecule has 1 saturated carbocycles. The second-order valence-electron chi connectivity index (χ2n) is 5.82. The fraction of sp³-hybridized carbons (Fsp3) is 0.917. The summed E-state index contributed by atoms with van der Waals surface area (Å²) in [7, 11) is -3.59. The van der Waals surface area contributed by atoms with Gasteiger partial charge in [0.15, 0.2) is 0 Å². The van der Waals surface area contributed by atoms with Crippen LogP contribution in [0.3, 0.4) is 0 Å². The van der Waals surface area contributed by atoms with Crippen LogP contribution in [0.15, 0.2) is 0 Å². The molecule has 108 valence electrons. The van der Waals surface area contributed by atoms with E-state index in [0.717, 1.165) is 32.1 Å². The molecular weight excluding hydrogens is 268 g/mol. The van der Waals surface area contributed by atoms with Crippen LogP contribution in [0.2, 0.25) is 0 Å². The summed E-state index contributed by atoms with van der Waals surface area (Å²) >= 11 is 0. The van der Waals surface area contributed by atoms with E-state index >= 15 is 0 Å². The van der Waals surface area contributed by atoms with Crippen LogP contribution in [0.25, 0.3) is 0 Å². The van der Waals surface area contributed by atoms with E-state index < -0.39 is 22.2 Å². The van der Waals surface area contributed by atoms with Gasteiger partial charge in [-0.05, 0) is 37.5 Å². The van der Waals surface area contributed by atoms with E-state index in [1.54, 1.807) is 0 Å². The molecular formula is C12H20N2O4S. The third-order valence-electron chi connectivity index (χ3n) is 4.79. The molecule has 3 atom stereocenters. The summed E-state index contributed by atoms with van der Waals surface area (Å²) in [4.78, 5) is 11.5. The Morgan fingerprint density at radius 1 is 1.11 bits per heavy atom. The molecule has 0 bridgehead atoms. The first kappa shape index (κ1) is 13.3. The largest absolute Gasteiger partial charge is 0.480 e. The predicted molar refractivity (Wildman–Crippen MR) is 68.7 cm³/mol. The molecule has 2 saturated heterocycles. The van der Waals surface area contributed by atoms with Gasteiger partial charge in [-0.2, -0.15) is 17.0 Å². The topological polar surface area (TPSA) is 77.9 Å². The summed E-state index contributed by atoms with van der Waals surface area (Å²) in [6.07, 6.45) is 4.57. The van der Waals surface area contributed by atoms with E-state index in [-0.39, 0.29) is 11.8 Å². The van der Waals surface area contributed by atoms with Crippen molar-refractivity contribution >= 4 is 16.2 Å². The molecule has 1 aliphatic carbocycles. The molecule has 3 fully saturated rings. The fourth-order valence-corrected chi connectivity index (χ4v) is 5.81. The minimum Gasteiger partial charge on any atom is -0.480 e. The number of hydrogen-bond donors (Lipinski definition) is 1. The Kier molecular flexibility index (Phi) is 3.31. The average Bonchev–Trinajstić information content (AvgIpc) is 3.04. The van der Waals surface area contributed by atoms with E-state index in [1.807, 2.05) is 0 Å². The van der Waals surface area contributed by atoms with E-state index in [4.69, 9.17) is 0 Å². The van der Waals surface area contributed by atoms with Gasteiger partial charge in [0.25, 0.3) is 10.2 Å². The van der Waals surface area contributed by atoms with Crippen molar-refractivity contribution in [3.8, 4) is 0 Å². The van der Waals surface area contributed by atoms with Crippen LogP contribution in [0, 0.1) is 11.8 Å². The number of carbonyl (C=O) groups is 1. The molecule has 3 unspecified atom stereocenters. The summed E-state index contributed by atoms with van der Waals surface area (Å²) in [6.45, 7) is 1.45. The lowest BCUT2D eigenvalue weighted by atomic mass is 9.94. The summed E-state index contributed by atoms with van der Waals surface area (Å²) in [5.74, 6) is -0.745. The van der Waals surface area contributed by atoms with Gasteiger partial charge in [0.05, 0.1) is 0 Å². The molecule has 2 heterocycles. The molecule has 0 aromatic carbocycles. The van der Waals surface area contributed by atoms with Crippen LogP contribution in [0.5, 0.6) is 0 Å². The number of hydrogen-bond acceptors (Lipinski definition) is 3. The molecule has 2 aliphatic heterocycles. The van der Waals surface area contributed by atoms with E-state index in [2.05, 4.69) is 0 Å². The van der Waals surface area contributed by atoms with Crippen LogP contribution in [0.1, 0.15) is 32.1 Å². The number of rotatable bonds is 3. The maximum atomic E-state index is 12.6. The highest BCUT2D eigenvalue weighted by molar-refractivity contribution is 7.86. The lowest BCUT2D eigenvalue weighted by molar-refractivity contribution is -0.142. The van der Waals surface area contributed by atoms with Crippen molar-refractivity contribution in [3.63, 3.8) is 0 Å². The monoisotopic (exact) mass is 288 g/mol. The lowest BCUT2D eigenvalue weighted by Gasteiger charge is -2.28. The number of aliphatic carboxylic acids is 1. The molecule has 0 amide bonds. The molecule has 3 rings (SSSR count). The van der Waals surface area contributed by atoms with Crippen molar-refractivity contribution in [1.82, 2.24) is 8.61 Å². The molecule has 0 aromatic heterocycles. The minimum absolute atomic E-state index is 0.00915. The lowest BCUT2D eigenvalue weighted by Crippen LogP contribution is -2.49. The molecule has 7 heteroatoms. The van der Waals surface area contributed by atoms with Gasteiger partial charge >= 0.3 is 5.97 Å². The predicted octanol–water partition coefficient (Wildman–Crippen LogP) is 0.512. The highest BCUT2D eigenvalue weighted by Crippen LogP contribution is 2.44. The van der Waals surface area contributed by atoms with E-state index in [9.17, 15) is 18.3 Å². The Bertz CT molecular complexity index is 472. The van der Waals surface area contributed by atoms with Gasteiger partial charge in [-0.15, -0.1) is 0 Å². The van der Waals surface area contributed by atoms with E-state index in [1.165, 1.54) is 8.61 Å². The number of nitrogens with zero attached hydrogens (tertiary/aromatic N) is 2. The maximum Gasteiger partial charge on any atom is 0.322 e. The number of fused-ring (bicyclic) bond motifs is 1. The molecule has 6 nitrogen and oxygen atoms in total. The first-order valence-corrected chi connectivity index (χ1v) is 8.41.